The number of nitrogens with zero attached hydrogens (tertiary/aromatic N) is 1. The molecule has 0 radical (unpaired) electrons. The molecule has 0 aliphatic heterocycles. The summed E-state index contributed by atoms with van der Waals surface area (Å²) in [7, 11) is 0. The maximum absolute atomic E-state index is 8.87. The Hall–Kier alpha value is -0.510. The second-order valence-electron chi connectivity index (χ2n) is 3.82. The van der Waals surface area contributed by atoms with Crippen molar-refractivity contribution >= 4 is 0 Å². The van der Waals surface area contributed by atoms with Crippen LogP contribution in [0.3, 0.4) is 0 Å². The molecule has 0 spiro atoms. The zero-order valence-electron chi connectivity index (χ0n) is 9.18. The van der Waals surface area contributed by atoms with Gasteiger partial charge in [-0.1, -0.05) is 52.4 Å². The van der Waals surface area contributed by atoms with Gasteiger partial charge in [0.1, 0.15) is 0 Å². The first kappa shape index (κ1) is 12.5. The molecule has 0 aromatic rings. The van der Waals surface area contributed by atoms with Gasteiger partial charge in [-0.25, -0.2) is 0 Å². The highest BCUT2D eigenvalue weighted by Gasteiger charge is 2.05. The van der Waals surface area contributed by atoms with Crippen molar-refractivity contribution in [3.8, 4) is 6.07 Å². The molecule has 0 aromatic carbocycles. The number of hydrogen-bond acceptors (Lipinski definition) is 1. The molecule has 0 N–H and O–H groups in total. The van der Waals surface area contributed by atoms with Crippen molar-refractivity contribution in [3.05, 3.63) is 0 Å². The van der Waals surface area contributed by atoms with E-state index >= 15 is 0 Å². The Morgan fingerprint density at radius 2 is 1.38 bits per heavy atom. The quantitative estimate of drug-likeness (QED) is 0.512. The van der Waals surface area contributed by atoms with E-state index in [4.69, 9.17) is 5.26 Å². The van der Waals surface area contributed by atoms with Crippen LogP contribution in [-0.4, -0.2) is 0 Å². The predicted octanol–water partition coefficient (Wildman–Crippen LogP) is 4.29. The van der Waals surface area contributed by atoms with E-state index in [1.54, 1.807) is 0 Å². The fourth-order valence-electron chi connectivity index (χ4n) is 1.55. The average molecular weight is 181 g/mol. The minimum absolute atomic E-state index is 0.332. The van der Waals surface area contributed by atoms with Gasteiger partial charge < -0.3 is 0 Å². The van der Waals surface area contributed by atoms with Crippen LogP contribution in [0, 0.1) is 17.2 Å². The van der Waals surface area contributed by atoms with E-state index in [0.29, 0.717) is 5.92 Å². The highest BCUT2D eigenvalue weighted by atomic mass is 14.3. The van der Waals surface area contributed by atoms with Gasteiger partial charge in [-0.3, -0.25) is 0 Å². The third-order valence-corrected chi connectivity index (χ3v) is 2.49. The molecule has 13 heavy (non-hydrogen) atoms. The van der Waals surface area contributed by atoms with Crippen molar-refractivity contribution in [2.75, 3.05) is 0 Å². The van der Waals surface area contributed by atoms with Crippen LogP contribution >= 0.6 is 0 Å². The Bertz CT molecular complexity index is 125. The van der Waals surface area contributed by atoms with Gasteiger partial charge in [0.05, 0.1) is 6.07 Å². The zero-order valence-corrected chi connectivity index (χ0v) is 9.18. The molecule has 1 heteroatoms. The lowest BCUT2D eigenvalue weighted by atomic mass is 9.96. The molecular formula is C12H23N. The molecule has 0 aliphatic carbocycles. The smallest absolute Gasteiger partial charge is 0.0655 e. The van der Waals surface area contributed by atoms with Crippen LogP contribution in [0.2, 0.25) is 0 Å². The monoisotopic (exact) mass is 181 g/mol. The van der Waals surface area contributed by atoms with Crippen LogP contribution in [0.4, 0.5) is 0 Å². The summed E-state index contributed by atoms with van der Waals surface area (Å²) in [5.41, 5.74) is 0. The molecule has 0 fully saturated rings. The molecule has 0 rings (SSSR count). The number of unbranched alkanes of at least 4 members (excludes halogenated alkanes) is 4. The van der Waals surface area contributed by atoms with Crippen molar-refractivity contribution < 1.29 is 0 Å². The Balaban J connectivity index is 3.36. The molecule has 0 saturated carbocycles. The summed E-state index contributed by atoms with van der Waals surface area (Å²) in [6, 6.07) is 2.42. The molecule has 0 aliphatic rings. The first-order valence-corrected chi connectivity index (χ1v) is 5.74. The lowest BCUT2D eigenvalue weighted by Gasteiger charge is -2.07. The molecular weight excluding hydrogens is 158 g/mol. The second-order valence-corrected chi connectivity index (χ2v) is 3.82. The normalized spacial score (nSPS) is 10.3. The first-order valence-electron chi connectivity index (χ1n) is 5.74. The SMILES string of the molecule is CCCCCC(C#N)CCCCC. The van der Waals surface area contributed by atoms with Crippen LogP contribution < -0.4 is 0 Å². The van der Waals surface area contributed by atoms with E-state index in [1.165, 1.54) is 38.5 Å². The van der Waals surface area contributed by atoms with Crippen LogP contribution in [-0.2, 0) is 0 Å². The van der Waals surface area contributed by atoms with Gasteiger partial charge in [0.25, 0.3) is 0 Å². The van der Waals surface area contributed by atoms with Gasteiger partial charge in [0.15, 0.2) is 0 Å². The summed E-state index contributed by atoms with van der Waals surface area (Å²) in [6.45, 7) is 4.41. The highest BCUT2D eigenvalue weighted by molar-refractivity contribution is 4.82. The minimum Gasteiger partial charge on any atom is -0.198 e. The van der Waals surface area contributed by atoms with E-state index in [9.17, 15) is 0 Å². The van der Waals surface area contributed by atoms with Gasteiger partial charge in [0, 0.05) is 5.92 Å². The first-order chi connectivity index (χ1) is 6.35. The summed E-state index contributed by atoms with van der Waals surface area (Å²) in [6.07, 6.45) is 9.79. The molecule has 0 heterocycles. The highest BCUT2D eigenvalue weighted by Crippen LogP contribution is 2.16. The molecule has 0 saturated heterocycles. The molecule has 0 amide bonds. The lowest BCUT2D eigenvalue weighted by Crippen LogP contribution is -1.97. The summed E-state index contributed by atoms with van der Waals surface area (Å²) in [5, 5.41) is 8.87. The van der Waals surface area contributed by atoms with Gasteiger partial charge in [-0.05, 0) is 12.8 Å². The standard InChI is InChI=1S/C12H23N/c1-3-5-7-9-12(11-13)10-8-6-4-2/h12H,3-10H2,1-2H3. The summed E-state index contributed by atoms with van der Waals surface area (Å²) in [5.74, 6) is 0.332. The van der Waals surface area contributed by atoms with Crippen LogP contribution in [0.25, 0.3) is 0 Å². The Kier molecular flexibility index (Phi) is 9.20. The molecule has 1 nitrogen and oxygen atoms in total. The summed E-state index contributed by atoms with van der Waals surface area (Å²) >= 11 is 0. The predicted molar refractivity (Wildman–Crippen MR) is 57.4 cm³/mol. The number of rotatable bonds is 8. The van der Waals surface area contributed by atoms with Gasteiger partial charge in [0.2, 0.25) is 0 Å². The lowest BCUT2D eigenvalue weighted by molar-refractivity contribution is 0.490. The molecule has 76 valence electrons. The third kappa shape index (κ3) is 7.84. The fraction of sp³-hybridized carbons (Fsp3) is 0.917. The van der Waals surface area contributed by atoms with Crippen molar-refractivity contribution in [1.29, 1.82) is 5.26 Å². The van der Waals surface area contributed by atoms with Crippen molar-refractivity contribution in [2.24, 2.45) is 5.92 Å². The zero-order chi connectivity index (χ0) is 9.94. The molecule has 0 bridgehead atoms. The maximum Gasteiger partial charge on any atom is 0.0655 e. The van der Waals surface area contributed by atoms with E-state index in [-0.39, 0.29) is 0 Å². The van der Waals surface area contributed by atoms with Gasteiger partial charge in [-0.2, -0.15) is 5.26 Å². The molecule has 0 atom stereocenters. The summed E-state index contributed by atoms with van der Waals surface area (Å²) < 4.78 is 0. The second kappa shape index (κ2) is 9.58. The van der Waals surface area contributed by atoms with Crippen molar-refractivity contribution in [3.63, 3.8) is 0 Å². The Morgan fingerprint density at radius 1 is 0.923 bits per heavy atom. The third-order valence-electron chi connectivity index (χ3n) is 2.49. The Morgan fingerprint density at radius 3 is 1.69 bits per heavy atom. The number of hydrogen-bond donors (Lipinski definition) is 0. The van der Waals surface area contributed by atoms with E-state index in [1.807, 2.05) is 0 Å². The fourth-order valence-corrected chi connectivity index (χ4v) is 1.55. The largest absolute Gasteiger partial charge is 0.198 e. The van der Waals surface area contributed by atoms with E-state index in [0.717, 1.165) is 12.8 Å². The van der Waals surface area contributed by atoms with Gasteiger partial charge >= 0.3 is 0 Å². The van der Waals surface area contributed by atoms with E-state index < -0.39 is 0 Å². The van der Waals surface area contributed by atoms with Crippen LogP contribution in [0.15, 0.2) is 0 Å². The Labute approximate surface area is 83.1 Å². The van der Waals surface area contributed by atoms with Crippen LogP contribution in [0.1, 0.15) is 65.2 Å². The van der Waals surface area contributed by atoms with Crippen LogP contribution in [0.5, 0.6) is 0 Å². The number of nitriles is 1. The van der Waals surface area contributed by atoms with E-state index in [2.05, 4.69) is 19.9 Å². The maximum atomic E-state index is 8.87. The average Bonchev–Trinajstić information content (AvgIpc) is 2.16. The van der Waals surface area contributed by atoms with Gasteiger partial charge in [-0.15, -0.1) is 0 Å². The summed E-state index contributed by atoms with van der Waals surface area (Å²) in [4.78, 5) is 0. The molecule has 0 unspecified atom stereocenters. The molecule has 0 aromatic heterocycles. The van der Waals surface area contributed by atoms with Crippen molar-refractivity contribution in [2.45, 2.75) is 65.2 Å². The topological polar surface area (TPSA) is 23.8 Å². The minimum atomic E-state index is 0.332. The van der Waals surface area contributed by atoms with Crippen molar-refractivity contribution in [1.82, 2.24) is 0 Å².